The molecule has 0 spiro atoms. The molecule has 3 N–H and O–H groups in total. The highest BCUT2D eigenvalue weighted by Gasteiger charge is 2.32. The van der Waals surface area contributed by atoms with Crippen LogP contribution in [0.2, 0.25) is 0 Å². The van der Waals surface area contributed by atoms with Gasteiger partial charge in [0, 0.05) is 18.7 Å². The van der Waals surface area contributed by atoms with Crippen LogP contribution in [0.3, 0.4) is 0 Å². The van der Waals surface area contributed by atoms with Gasteiger partial charge in [0.25, 0.3) is 0 Å². The molecule has 0 amide bonds. The van der Waals surface area contributed by atoms with Gasteiger partial charge in [-0.1, -0.05) is 12.2 Å². The van der Waals surface area contributed by atoms with E-state index in [4.69, 9.17) is 5.73 Å². The molecular weight excluding hydrogens is 291 g/mol. The quantitative estimate of drug-likeness (QED) is 0.780. The van der Waals surface area contributed by atoms with Crippen molar-refractivity contribution in [2.75, 3.05) is 13.1 Å². The van der Waals surface area contributed by atoms with E-state index in [1.54, 1.807) is 0 Å². The van der Waals surface area contributed by atoms with Crippen molar-refractivity contribution in [3.63, 3.8) is 0 Å². The second-order valence-electron chi connectivity index (χ2n) is 4.31. The third-order valence-electron chi connectivity index (χ3n) is 2.97. The minimum atomic E-state index is -3.75. The van der Waals surface area contributed by atoms with Crippen LogP contribution in [0.5, 0.6) is 0 Å². The number of sulfonamides is 1. The van der Waals surface area contributed by atoms with E-state index < -0.39 is 21.9 Å². The van der Waals surface area contributed by atoms with Crippen LogP contribution in [0.25, 0.3) is 0 Å². The van der Waals surface area contributed by atoms with Gasteiger partial charge in [0.1, 0.15) is 10.8 Å². The number of aliphatic hydroxyl groups excluding tert-OH is 1. The monoisotopic (exact) mass is 304 g/mol. The molecule has 5 nitrogen and oxygen atoms in total. The molecule has 8 heteroatoms. The van der Waals surface area contributed by atoms with Gasteiger partial charge in [0.15, 0.2) is 0 Å². The van der Waals surface area contributed by atoms with Crippen LogP contribution in [-0.2, 0) is 10.0 Å². The summed E-state index contributed by atoms with van der Waals surface area (Å²) in [6.07, 6.45) is -0.270. The molecule has 1 fully saturated rings. The number of thiocarbonyl (C=S) groups is 1. The fraction of sp³-hybridized carbons (Fsp3) is 0.364. The number of halogens is 1. The van der Waals surface area contributed by atoms with Crippen molar-refractivity contribution in [1.29, 1.82) is 0 Å². The van der Waals surface area contributed by atoms with E-state index in [2.05, 4.69) is 12.2 Å². The number of rotatable bonds is 3. The summed E-state index contributed by atoms with van der Waals surface area (Å²) in [5, 5.41) is 9.39. The van der Waals surface area contributed by atoms with Gasteiger partial charge < -0.3 is 10.8 Å². The molecule has 0 bridgehead atoms. The van der Waals surface area contributed by atoms with Crippen molar-refractivity contribution in [2.45, 2.75) is 17.4 Å². The summed E-state index contributed by atoms with van der Waals surface area (Å²) in [4.78, 5) is -0.276. The molecular formula is C11H13FN2O3S2. The number of benzene rings is 1. The molecule has 1 unspecified atom stereocenters. The lowest BCUT2D eigenvalue weighted by atomic mass is 10.2. The van der Waals surface area contributed by atoms with Crippen molar-refractivity contribution < 1.29 is 17.9 Å². The Morgan fingerprint density at radius 1 is 1.53 bits per heavy atom. The van der Waals surface area contributed by atoms with Gasteiger partial charge in [-0.05, 0) is 24.6 Å². The molecule has 0 aliphatic carbocycles. The molecule has 1 saturated heterocycles. The average Bonchev–Trinajstić information content (AvgIpc) is 2.76. The molecule has 1 heterocycles. The molecule has 19 heavy (non-hydrogen) atoms. The maximum Gasteiger partial charge on any atom is 0.243 e. The van der Waals surface area contributed by atoms with E-state index in [9.17, 15) is 17.9 Å². The molecule has 1 aromatic carbocycles. The van der Waals surface area contributed by atoms with Gasteiger partial charge in [0.05, 0.1) is 11.0 Å². The second-order valence-corrected chi connectivity index (χ2v) is 6.69. The highest BCUT2D eigenvalue weighted by molar-refractivity contribution is 7.89. The smallest absolute Gasteiger partial charge is 0.243 e. The van der Waals surface area contributed by atoms with E-state index in [-0.39, 0.29) is 28.5 Å². The van der Waals surface area contributed by atoms with Crippen LogP contribution in [0.4, 0.5) is 4.39 Å². The number of nitrogens with two attached hydrogens (primary N) is 1. The second kappa shape index (κ2) is 5.12. The summed E-state index contributed by atoms with van der Waals surface area (Å²) in [6, 6.07) is 3.31. The first-order chi connectivity index (χ1) is 8.82. The fourth-order valence-corrected chi connectivity index (χ4v) is 3.61. The SMILES string of the molecule is NC(=S)c1cc(S(=O)(=O)N2CCC(O)C2)ccc1F. The van der Waals surface area contributed by atoms with Crippen LogP contribution < -0.4 is 5.73 Å². The number of hydrogen-bond acceptors (Lipinski definition) is 4. The van der Waals surface area contributed by atoms with Crippen molar-refractivity contribution in [1.82, 2.24) is 4.31 Å². The predicted molar refractivity (Wildman–Crippen MR) is 71.7 cm³/mol. The summed E-state index contributed by atoms with van der Waals surface area (Å²) in [7, 11) is -3.75. The Labute approximate surface area is 115 Å². The van der Waals surface area contributed by atoms with E-state index in [0.29, 0.717) is 6.42 Å². The molecule has 1 aliphatic heterocycles. The molecule has 1 aliphatic rings. The molecule has 2 rings (SSSR count). The minimum absolute atomic E-state index is 0.0438. The summed E-state index contributed by atoms with van der Waals surface area (Å²) in [6.45, 7) is 0.283. The molecule has 0 saturated carbocycles. The van der Waals surface area contributed by atoms with Gasteiger partial charge in [-0.2, -0.15) is 4.31 Å². The lowest BCUT2D eigenvalue weighted by molar-refractivity contribution is 0.189. The van der Waals surface area contributed by atoms with Crippen LogP contribution in [0, 0.1) is 5.82 Å². The third kappa shape index (κ3) is 2.76. The zero-order valence-corrected chi connectivity index (χ0v) is 11.5. The predicted octanol–water partition coefficient (Wildman–Crippen LogP) is 0.215. The lowest BCUT2D eigenvalue weighted by Gasteiger charge is -2.16. The van der Waals surface area contributed by atoms with Gasteiger partial charge in [-0.25, -0.2) is 12.8 Å². The van der Waals surface area contributed by atoms with Crippen molar-refractivity contribution in [2.24, 2.45) is 5.73 Å². The zero-order valence-electron chi connectivity index (χ0n) is 9.91. The molecule has 104 valence electrons. The number of nitrogens with zero attached hydrogens (tertiary/aromatic N) is 1. The van der Waals surface area contributed by atoms with Crippen LogP contribution in [0.15, 0.2) is 23.1 Å². The first kappa shape index (κ1) is 14.3. The molecule has 1 atom stereocenters. The summed E-state index contributed by atoms with van der Waals surface area (Å²) >= 11 is 4.67. The normalized spacial score (nSPS) is 20.6. The maximum absolute atomic E-state index is 13.4. The van der Waals surface area contributed by atoms with E-state index >= 15 is 0 Å². The van der Waals surface area contributed by atoms with Crippen molar-refractivity contribution >= 4 is 27.2 Å². The molecule has 1 aromatic rings. The lowest BCUT2D eigenvalue weighted by Crippen LogP contribution is -2.30. The average molecular weight is 304 g/mol. The van der Waals surface area contributed by atoms with E-state index in [1.165, 1.54) is 0 Å². The summed E-state index contributed by atoms with van der Waals surface area (Å²) in [5.41, 5.74) is 5.24. The Balaban J connectivity index is 2.41. The largest absolute Gasteiger partial charge is 0.392 e. The van der Waals surface area contributed by atoms with E-state index in [0.717, 1.165) is 22.5 Å². The van der Waals surface area contributed by atoms with Gasteiger partial charge in [0.2, 0.25) is 10.0 Å². The fourth-order valence-electron chi connectivity index (χ4n) is 1.93. The summed E-state index contributed by atoms with van der Waals surface area (Å²) < 4.78 is 39.1. The number of hydrogen-bond donors (Lipinski definition) is 2. The third-order valence-corrected chi connectivity index (χ3v) is 5.05. The van der Waals surface area contributed by atoms with Gasteiger partial charge in [-0.15, -0.1) is 0 Å². The van der Waals surface area contributed by atoms with Crippen LogP contribution >= 0.6 is 12.2 Å². The molecule has 0 aromatic heterocycles. The van der Waals surface area contributed by atoms with Gasteiger partial charge >= 0.3 is 0 Å². The van der Waals surface area contributed by atoms with Gasteiger partial charge in [-0.3, -0.25) is 0 Å². The standard InChI is InChI=1S/C11H13FN2O3S2/c12-10-2-1-8(5-9(10)11(13)18)19(16,17)14-4-3-7(15)6-14/h1-2,5,7,15H,3-4,6H2,(H2,13,18). The highest BCUT2D eigenvalue weighted by atomic mass is 32.2. The topological polar surface area (TPSA) is 83.6 Å². The Hall–Kier alpha value is -1.09. The highest BCUT2D eigenvalue weighted by Crippen LogP contribution is 2.23. The van der Waals surface area contributed by atoms with Crippen molar-refractivity contribution in [3.05, 3.63) is 29.6 Å². The molecule has 0 radical (unpaired) electrons. The zero-order chi connectivity index (χ0) is 14.2. The Bertz CT molecular complexity index is 618. The van der Waals surface area contributed by atoms with E-state index in [1.807, 2.05) is 0 Å². The number of aliphatic hydroxyl groups is 1. The summed E-state index contributed by atoms with van der Waals surface area (Å²) in [5.74, 6) is -0.659. The Kier molecular flexibility index (Phi) is 3.86. The first-order valence-corrected chi connectivity index (χ1v) is 7.45. The van der Waals surface area contributed by atoms with Crippen LogP contribution in [-0.4, -0.2) is 42.0 Å². The minimum Gasteiger partial charge on any atom is -0.392 e. The van der Waals surface area contributed by atoms with Crippen LogP contribution in [0.1, 0.15) is 12.0 Å². The first-order valence-electron chi connectivity index (χ1n) is 5.60. The number of β-amino-alcohol motifs (C(OH)–C–C–N with tert-alkyl or cyclic N) is 1. The van der Waals surface area contributed by atoms with Crippen molar-refractivity contribution in [3.8, 4) is 0 Å². The maximum atomic E-state index is 13.4. The Morgan fingerprint density at radius 3 is 2.74 bits per heavy atom. The Morgan fingerprint density at radius 2 is 2.21 bits per heavy atom.